The van der Waals surface area contributed by atoms with Crippen molar-refractivity contribution in [3.05, 3.63) is 108 Å². The normalized spacial score (nSPS) is 14.4. The van der Waals surface area contributed by atoms with E-state index in [9.17, 15) is 5.11 Å². The molecule has 3 atom stereocenters. The monoisotopic (exact) mass is 374 g/mol. The van der Waals surface area contributed by atoms with Gasteiger partial charge >= 0.3 is 0 Å². The Labute approximate surface area is 168 Å². The van der Waals surface area contributed by atoms with Gasteiger partial charge in [-0.3, -0.25) is 0 Å². The van der Waals surface area contributed by atoms with Gasteiger partial charge in [0.1, 0.15) is 0 Å². The number of nitrogens with one attached hydrogen (secondary N) is 1. The maximum Gasteiger partial charge on any atom is 0.0711 e. The third-order valence-electron chi connectivity index (χ3n) is 5.06. The number of aliphatic hydroxyl groups is 1. The number of nitrogens with two attached hydrogens (primary N) is 1. The fourth-order valence-electron chi connectivity index (χ4n) is 3.53. The van der Waals surface area contributed by atoms with Crippen molar-refractivity contribution in [2.45, 2.75) is 44.0 Å². The molecule has 4 N–H and O–H groups in total. The van der Waals surface area contributed by atoms with Crippen LogP contribution in [0.25, 0.3) is 0 Å². The van der Waals surface area contributed by atoms with Gasteiger partial charge in [-0.25, -0.2) is 0 Å². The SMILES string of the molecule is N[C@@H](Cc1ccccc1)C[C@H](O)[C@H](Cc1ccccc1)NCc1ccccc1. The van der Waals surface area contributed by atoms with E-state index in [2.05, 4.69) is 41.7 Å². The average molecular weight is 375 g/mol. The first-order valence-corrected chi connectivity index (χ1v) is 9.99. The van der Waals surface area contributed by atoms with Gasteiger partial charge < -0.3 is 16.2 Å². The second-order valence-electron chi connectivity index (χ2n) is 7.42. The molecule has 0 saturated carbocycles. The Morgan fingerprint density at radius 3 is 1.68 bits per heavy atom. The van der Waals surface area contributed by atoms with E-state index in [1.54, 1.807) is 0 Å². The zero-order valence-electron chi connectivity index (χ0n) is 16.2. The van der Waals surface area contributed by atoms with Crippen molar-refractivity contribution < 1.29 is 5.11 Å². The molecule has 3 nitrogen and oxygen atoms in total. The fourth-order valence-corrected chi connectivity index (χ4v) is 3.53. The van der Waals surface area contributed by atoms with E-state index in [0.29, 0.717) is 6.42 Å². The summed E-state index contributed by atoms with van der Waals surface area (Å²) in [6.45, 7) is 0.726. The van der Waals surface area contributed by atoms with Gasteiger partial charge in [-0.05, 0) is 36.0 Å². The van der Waals surface area contributed by atoms with Gasteiger partial charge in [-0.1, -0.05) is 91.0 Å². The van der Waals surface area contributed by atoms with Crippen molar-refractivity contribution in [3.8, 4) is 0 Å². The smallest absolute Gasteiger partial charge is 0.0711 e. The summed E-state index contributed by atoms with van der Waals surface area (Å²) in [6.07, 6.45) is 1.60. The molecule has 0 saturated heterocycles. The van der Waals surface area contributed by atoms with Crippen molar-refractivity contribution in [2.24, 2.45) is 5.73 Å². The molecule has 0 aliphatic heterocycles. The molecule has 0 unspecified atom stereocenters. The summed E-state index contributed by atoms with van der Waals surface area (Å²) in [7, 11) is 0. The molecule has 3 rings (SSSR count). The van der Waals surface area contributed by atoms with Crippen LogP contribution in [-0.2, 0) is 19.4 Å². The number of rotatable bonds is 10. The zero-order chi connectivity index (χ0) is 19.6. The molecule has 3 aromatic rings. The molecule has 0 amide bonds. The van der Waals surface area contributed by atoms with E-state index < -0.39 is 6.10 Å². The van der Waals surface area contributed by atoms with Crippen LogP contribution >= 0.6 is 0 Å². The van der Waals surface area contributed by atoms with Gasteiger partial charge in [0.2, 0.25) is 0 Å². The predicted molar refractivity (Wildman–Crippen MR) is 116 cm³/mol. The second-order valence-corrected chi connectivity index (χ2v) is 7.42. The van der Waals surface area contributed by atoms with Crippen LogP contribution in [0.1, 0.15) is 23.1 Å². The minimum absolute atomic E-state index is 0.0515. The highest BCUT2D eigenvalue weighted by Gasteiger charge is 2.22. The molecule has 0 fully saturated rings. The Hall–Kier alpha value is -2.46. The molecule has 0 heterocycles. The fraction of sp³-hybridized carbons (Fsp3) is 0.280. The highest BCUT2D eigenvalue weighted by Crippen LogP contribution is 2.13. The van der Waals surface area contributed by atoms with Crippen molar-refractivity contribution in [3.63, 3.8) is 0 Å². The molecule has 0 aliphatic carbocycles. The number of benzene rings is 3. The van der Waals surface area contributed by atoms with Crippen LogP contribution in [0.3, 0.4) is 0 Å². The topological polar surface area (TPSA) is 58.3 Å². The van der Waals surface area contributed by atoms with E-state index in [1.807, 2.05) is 54.6 Å². The lowest BCUT2D eigenvalue weighted by molar-refractivity contribution is 0.109. The number of hydrogen-bond donors (Lipinski definition) is 3. The second kappa shape index (κ2) is 10.8. The molecule has 0 bridgehead atoms. The molecular weight excluding hydrogens is 344 g/mol. The molecule has 3 heteroatoms. The van der Waals surface area contributed by atoms with Crippen molar-refractivity contribution in [1.29, 1.82) is 0 Å². The van der Waals surface area contributed by atoms with Crippen LogP contribution in [0.15, 0.2) is 91.0 Å². The van der Waals surface area contributed by atoms with E-state index in [-0.39, 0.29) is 12.1 Å². The summed E-state index contributed by atoms with van der Waals surface area (Å²) in [6, 6.07) is 30.7. The number of aliphatic hydroxyl groups excluding tert-OH is 1. The Balaban J connectivity index is 1.62. The van der Waals surface area contributed by atoms with Gasteiger partial charge in [-0.2, -0.15) is 0 Å². The lowest BCUT2D eigenvalue weighted by Gasteiger charge is -2.27. The Morgan fingerprint density at radius 1 is 0.679 bits per heavy atom. The maximum absolute atomic E-state index is 11.0. The van der Waals surface area contributed by atoms with Gasteiger partial charge in [0.05, 0.1) is 6.10 Å². The first-order valence-electron chi connectivity index (χ1n) is 9.99. The summed E-state index contributed by atoms with van der Waals surface area (Å²) in [5.41, 5.74) is 9.99. The van der Waals surface area contributed by atoms with Gasteiger partial charge in [0, 0.05) is 18.6 Å². The summed E-state index contributed by atoms with van der Waals surface area (Å²) in [5.74, 6) is 0. The lowest BCUT2D eigenvalue weighted by atomic mass is 9.94. The molecule has 146 valence electrons. The van der Waals surface area contributed by atoms with Crippen LogP contribution in [0.2, 0.25) is 0 Å². The predicted octanol–water partition coefficient (Wildman–Crippen LogP) is 3.71. The van der Waals surface area contributed by atoms with E-state index in [1.165, 1.54) is 16.7 Å². The van der Waals surface area contributed by atoms with Crippen LogP contribution in [0, 0.1) is 0 Å². The largest absolute Gasteiger partial charge is 0.391 e. The minimum atomic E-state index is -0.511. The Morgan fingerprint density at radius 2 is 1.14 bits per heavy atom. The molecule has 3 aromatic carbocycles. The quantitative estimate of drug-likeness (QED) is 0.507. The highest BCUT2D eigenvalue weighted by molar-refractivity contribution is 5.18. The van der Waals surface area contributed by atoms with E-state index >= 15 is 0 Å². The van der Waals surface area contributed by atoms with Gasteiger partial charge in [0.15, 0.2) is 0 Å². The minimum Gasteiger partial charge on any atom is -0.391 e. The van der Waals surface area contributed by atoms with Crippen LogP contribution < -0.4 is 11.1 Å². The van der Waals surface area contributed by atoms with Crippen molar-refractivity contribution >= 4 is 0 Å². The van der Waals surface area contributed by atoms with Gasteiger partial charge in [-0.15, -0.1) is 0 Å². The Bertz CT molecular complexity index is 793. The molecule has 0 aromatic heterocycles. The average Bonchev–Trinajstić information content (AvgIpc) is 2.73. The van der Waals surface area contributed by atoms with Gasteiger partial charge in [0.25, 0.3) is 0 Å². The standard InChI is InChI=1S/C25H30N2O/c26-23(16-20-10-4-1-5-11-20)18-25(28)24(17-21-12-6-2-7-13-21)27-19-22-14-8-3-9-15-22/h1-15,23-25,27-28H,16-19,26H2/t23-,24-,25-/m0/s1. The summed E-state index contributed by atoms with van der Waals surface area (Å²) >= 11 is 0. The third kappa shape index (κ3) is 6.61. The maximum atomic E-state index is 11.0. The summed E-state index contributed by atoms with van der Waals surface area (Å²) < 4.78 is 0. The highest BCUT2D eigenvalue weighted by atomic mass is 16.3. The zero-order valence-corrected chi connectivity index (χ0v) is 16.2. The van der Waals surface area contributed by atoms with Crippen LogP contribution in [0.4, 0.5) is 0 Å². The molecule has 28 heavy (non-hydrogen) atoms. The Kier molecular flexibility index (Phi) is 7.80. The number of hydrogen-bond acceptors (Lipinski definition) is 3. The first-order chi connectivity index (χ1) is 13.7. The molecule has 0 aliphatic rings. The summed E-state index contributed by atoms with van der Waals surface area (Å²) in [5, 5.41) is 14.5. The lowest BCUT2D eigenvalue weighted by Crippen LogP contribution is -2.44. The van der Waals surface area contributed by atoms with E-state index in [0.717, 1.165) is 19.4 Å². The molecular formula is C25H30N2O. The first kappa shape index (κ1) is 20.3. The molecule has 0 spiro atoms. The molecule has 0 radical (unpaired) electrons. The summed E-state index contributed by atoms with van der Waals surface area (Å²) in [4.78, 5) is 0. The van der Waals surface area contributed by atoms with Crippen LogP contribution in [0.5, 0.6) is 0 Å². The van der Waals surface area contributed by atoms with Crippen LogP contribution in [-0.4, -0.2) is 23.3 Å². The van der Waals surface area contributed by atoms with Crippen molar-refractivity contribution in [2.75, 3.05) is 0 Å². The van der Waals surface area contributed by atoms with E-state index in [4.69, 9.17) is 5.73 Å². The third-order valence-corrected chi connectivity index (χ3v) is 5.06. The van der Waals surface area contributed by atoms with Crippen molar-refractivity contribution in [1.82, 2.24) is 5.32 Å².